The molecule has 28 heavy (non-hydrogen) atoms. The van der Waals surface area contributed by atoms with Gasteiger partial charge in [0.25, 0.3) is 0 Å². The molecule has 0 radical (unpaired) electrons. The van der Waals surface area contributed by atoms with Crippen LogP contribution in [0.3, 0.4) is 0 Å². The first-order valence-corrected chi connectivity index (χ1v) is 9.05. The van der Waals surface area contributed by atoms with E-state index < -0.39 is 11.7 Å². The quantitative estimate of drug-likeness (QED) is 0.650. The highest BCUT2D eigenvalue weighted by molar-refractivity contribution is 6.31. The summed E-state index contributed by atoms with van der Waals surface area (Å²) >= 11 is 12.4. The molecule has 0 saturated heterocycles. The van der Waals surface area contributed by atoms with Crippen molar-refractivity contribution >= 4 is 23.2 Å². The average molecular weight is 415 g/mol. The molecule has 0 aliphatic carbocycles. The van der Waals surface area contributed by atoms with E-state index >= 15 is 0 Å². The lowest BCUT2D eigenvalue weighted by Crippen LogP contribution is -2.22. The Morgan fingerprint density at radius 1 is 1.21 bits per heavy atom. The van der Waals surface area contributed by atoms with Gasteiger partial charge in [-0.1, -0.05) is 35.3 Å². The Bertz CT molecular complexity index is 1160. The average Bonchev–Trinajstić information content (AvgIpc) is 2.97. The molecule has 140 valence electrons. The van der Waals surface area contributed by atoms with Crippen molar-refractivity contribution in [2.75, 3.05) is 0 Å². The van der Waals surface area contributed by atoms with Gasteiger partial charge >= 0.3 is 0 Å². The maximum Gasteiger partial charge on any atom is 0.229 e. The summed E-state index contributed by atoms with van der Waals surface area (Å²) < 4.78 is 22.0. The number of rotatable bonds is 2. The van der Waals surface area contributed by atoms with Gasteiger partial charge in [-0.2, -0.15) is 10.4 Å². The molecular weight excluding hydrogens is 402 g/mol. The molecule has 4 rings (SSSR count). The number of ether oxygens (including phenoxy) is 1. The fraction of sp³-hybridized carbons (Fsp3) is 0.100. The van der Waals surface area contributed by atoms with Gasteiger partial charge in [-0.15, -0.1) is 0 Å². The van der Waals surface area contributed by atoms with Crippen molar-refractivity contribution in [3.8, 4) is 17.6 Å². The van der Waals surface area contributed by atoms with Gasteiger partial charge in [0.2, 0.25) is 11.8 Å². The van der Waals surface area contributed by atoms with E-state index in [1.807, 2.05) is 6.07 Å². The summed E-state index contributed by atoms with van der Waals surface area (Å²) in [6.07, 6.45) is 0. The minimum atomic E-state index is -0.838. The van der Waals surface area contributed by atoms with Gasteiger partial charge in [0.15, 0.2) is 0 Å². The summed E-state index contributed by atoms with van der Waals surface area (Å²) in [5, 5.41) is 14.9. The summed E-state index contributed by atoms with van der Waals surface area (Å²) in [7, 11) is 0. The van der Waals surface area contributed by atoms with Crippen molar-refractivity contribution in [3.63, 3.8) is 0 Å². The van der Waals surface area contributed by atoms with Gasteiger partial charge in [-0.3, -0.25) is 0 Å². The Hall–Kier alpha value is -3.01. The van der Waals surface area contributed by atoms with Crippen LogP contribution in [-0.2, 0) is 0 Å². The molecule has 0 bridgehead atoms. The molecule has 5 nitrogen and oxygen atoms in total. The van der Waals surface area contributed by atoms with Crippen LogP contribution in [-0.4, -0.2) is 9.78 Å². The number of halogens is 3. The Kier molecular flexibility index (Phi) is 4.50. The van der Waals surface area contributed by atoms with Crippen LogP contribution >= 0.6 is 23.2 Å². The van der Waals surface area contributed by atoms with Crippen LogP contribution < -0.4 is 10.5 Å². The number of nitrogens with zero attached hydrogens (tertiary/aromatic N) is 3. The fourth-order valence-electron chi connectivity index (χ4n) is 3.37. The van der Waals surface area contributed by atoms with Gasteiger partial charge in [-0.25, -0.2) is 9.07 Å². The number of hydrogen-bond donors (Lipinski definition) is 1. The topological polar surface area (TPSA) is 76.9 Å². The standard InChI is InChI=1S/C20H13Cl2FN4O/c1-10-16-17(18-14(22)6-3-7-15(18)23)13(9-24)19(25)28-20(16)27(26-10)12-5-2-4-11(21)8-12/h2-8,17H,25H2,1H3. The zero-order chi connectivity index (χ0) is 20.0. The van der Waals surface area contributed by atoms with Gasteiger partial charge in [-0.05, 0) is 37.3 Å². The second kappa shape index (κ2) is 6.86. The van der Waals surface area contributed by atoms with Crippen molar-refractivity contribution in [2.24, 2.45) is 5.73 Å². The number of nitriles is 1. The van der Waals surface area contributed by atoms with E-state index in [1.54, 1.807) is 37.3 Å². The van der Waals surface area contributed by atoms with Crippen molar-refractivity contribution < 1.29 is 9.13 Å². The lowest BCUT2D eigenvalue weighted by molar-refractivity contribution is 0.366. The molecule has 3 aromatic rings. The largest absolute Gasteiger partial charge is 0.422 e. The van der Waals surface area contributed by atoms with Crippen LogP contribution in [0.25, 0.3) is 5.69 Å². The van der Waals surface area contributed by atoms with Crippen LogP contribution in [0.5, 0.6) is 5.88 Å². The predicted molar refractivity (Wildman–Crippen MR) is 104 cm³/mol. The van der Waals surface area contributed by atoms with Gasteiger partial charge < -0.3 is 10.5 Å². The van der Waals surface area contributed by atoms with E-state index in [2.05, 4.69) is 5.10 Å². The predicted octanol–water partition coefficient (Wildman–Crippen LogP) is 4.84. The van der Waals surface area contributed by atoms with E-state index in [1.165, 1.54) is 16.8 Å². The Morgan fingerprint density at radius 3 is 2.64 bits per heavy atom. The van der Waals surface area contributed by atoms with E-state index in [0.29, 0.717) is 27.8 Å². The van der Waals surface area contributed by atoms with Crippen LogP contribution in [0.2, 0.25) is 10.0 Å². The minimum Gasteiger partial charge on any atom is -0.422 e. The molecule has 1 aliphatic heterocycles. The molecule has 8 heteroatoms. The highest BCUT2D eigenvalue weighted by Gasteiger charge is 2.38. The van der Waals surface area contributed by atoms with Crippen molar-refractivity contribution in [2.45, 2.75) is 12.8 Å². The number of allylic oxidation sites excluding steroid dienone is 1. The first kappa shape index (κ1) is 18.4. The Morgan fingerprint density at radius 2 is 1.96 bits per heavy atom. The maximum atomic E-state index is 14.7. The summed E-state index contributed by atoms with van der Waals surface area (Å²) in [6.45, 7) is 1.75. The third-order valence-electron chi connectivity index (χ3n) is 4.57. The Labute approximate surface area is 170 Å². The molecule has 0 amide bonds. The first-order valence-electron chi connectivity index (χ1n) is 8.29. The zero-order valence-electron chi connectivity index (χ0n) is 14.6. The number of benzene rings is 2. The van der Waals surface area contributed by atoms with Crippen LogP contribution in [0.4, 0.5) is 4.39 Å². The molecule has 0 fully saturated rings. The second-order valence-corrected chi connectivity index (χ2v) is 7.10. The van der Waals surface area contributed by atoms with Crippen LogP contribution in [0, 0.1) is 24.1 Å². The second-order valence-electron chi connectivity index (χ2n) is 6.26. The van der Waals surface area contributed by atoms with Crippen LogP contribution in [0.15, 0.2) is 53.9 Å². The van der Waals surface area contributed by atoms with E-state index in [9.17, 15) is 9.65 Å². The smallest absolute Gasteiger partial charge is 0.229 e. The monoisotopic (exact) mass is 414 g/mol. The number of aryl methyl sites for hydroxylation is 1. The summed E-state index contributed by atoms with van der Waals surface area (Å²) in [5.74, 6) is -1.21. The lowest BCUT2D eigenvalue weighted by atomic mass is 9.84. The van der Waals surface area contributed by atoms with Gasteiger partial charge in [0, 0.05) is 15.6 Å². The van der Waals surface area contributed by atoms with Crippen molar-refractivity contribution in [1.82, 2.24) is 9.78 Å². The summed E-state index contributed by atoms with van der Waals surface area (Å²) in [6, 6.07) is 13.4. The minimum absolute atomic E-state index is 0.0771. The van der Waals surface area contributed by atoms with Gasteiger partial charge in [0.1, 0.15) is 17.5 Å². The van der Waals surface area contributed by atoms with Crippen LogP contribution in [0.1, 0.15) is 22.7 Å². The van der Waals surface area contributed by atoms with E-state index in [0.717, 1.165) is 0 Å². The van der Waals surface area contributed by atoms with E-state index in [4.69, 9.17) is 33.7 Å². The van der Waals surface area contributed by atoms with Gasteiger partial charge in [0.05, 0.1) is 22.9 Å². The highest BCUT2D eigenvalue weighted by atomic mass is 35.5. The summed E-state index contributed by atoms with van der Waals surface area (Å²) in [5.41, 5.74) is 7.98. The van der Waals surface area contributed by atoms with Crippen molar-refractivity contribution in [3.05, 3.63) is 86.6 Å². The number of fused-ring (bicyclic) bond motifs is 1. The molecule has 0 saturated carbocycles. The highest BCUT2D eigenvalue weighted by Crippen LogP contribution is 2.47. The SMILES string of the molecule is Cc1nn(-c2cccc(Cl)c2)c2c1C(c1c(F)cccc1Cl)C(C#N)=C(N)O2. The first-order chi connectivity index (χ1) is 13.4. The molecule has 0 spiro atoms. The normalized spacial score (nSPS) is 15.8. The fourth-order valence-corrected chi connectivity index (χ4v) is 3.83. The zero-order valence-corrected chi connectivity index (χ0v) is 16.1. The number of hydrogen-bond acceptors (Lipinski definition) is 4. The Balaban J connectivity index is 2.02. The number of aromatic nitrogens is 2. The lowest BCUT2D eigenvalue weighted by Gasteiger charge is -2.25. The molecule has 1 aliphatic rings. The number of nitrogens with two attached hydrogens (primary N) is 1. The van der Waals surface area contributed by atoms with E-state index in [-0.39, 0.29) is 22.0 Å². The molecule has 1 atom stereocenters. The molecule has 1 unspecified atom stereocenters. The summed E-state index contributed by atoms with van der Waals surface area (Å²) in [4.78, 5) is 0. The molecule has 2 aromatic carbocycles. The maximum absolute atomic E-state index is 14.7. The molecule has 2 N–H and O–H groups in total. The van der Waals surface area contributed by atoms with Crippen molar-refractivity contribution in [1.29, 1.82) is 5.26 Å². The molecule has 1 aromatic heterocycles. The molecule has 2 heterocycles. The third kappa shape index (κ3) is 2.80. The third-order valence-corrected chi connectivity index (χ3v) is 5.14. The molecular formula is C20H13Cl2FN4O.